The highest BCUT2D eigenvalue weighted by molar-refractivity contribution is 5.86. The van der Waals surface area contributed by atoms with Crippen molar-refractivity contribution >= 4 is 11.0 Å². The van der Waals surface area contributed by atoms with Crippen LogP contribution in [0.4, 0.5) is 0 Å². The lowest BCUT2D eigenvalue weighted by Gasteiger charge is -2.40. The van der Waals surface area contributed by atoms with E-state index in [4.69, 9.17) is 23.4 Å². The minimum absolute atomic E-state index is 0.0107. The molecule has 2 aliphatic rings. The molecule has 8 atom stereocenters. The second-order valence-corrected chi connectivity index (χ2v) is 9.85. The van der Waals surface area contributed by atoms with E-state index in [1.807, 2.05) is 0 Å². The molecule has 15 heteroatoms. The Morgan fingerprint density at radius 2 is 1.66 bits per heavy atom. The zero-order valence-electron chi connectivity index (χ0n) is 21.1. The maximum Gasteiger partial charge on any atom is 0.229 e. The summed E-state index contributed by atoms with van der Waals surface area (Å²) in [6, 6.07) is 7.08. The molecule has 3 aromatic rings. The van der Waals surface area contributed by atoms with Crippen molar-refractivity contribution in [2.45, 2.75) is 48.7 Å². The number of aliphatic hydroxyl groups is 6. The van der Waals surface area contributed by atoms with Gasteiger partial charge in [0.05, 0.1) is 19.8 Å². The zero-order valence-corrected chi connectivity index (χ0v) is 21.1. The van der Waals surface area contributed by atoms with Gasteiger partial charge in [0.1, 0.15) is 64.3 Å². The summed E-state index contributed by atoms with van der Waals surface area (Å²) in [6.07, 6.45) is -11.2. The molecule has 0 unspecified atom stereocenters. The van der Waals surface area contributed by atoms with E-state index in [9.17, 15) is 50.8 Å². The fourth-order valence-corrected chi connectivity index (χ4v) is 4.54. The summed E-state index contributed by atoms with van der Waals surface area (Å²) in [7, 11) is 0. The largest absolute Gasteiger partial charge is 0.507 e. The monoisotopic (exact) mass is 580 g/mol. The van der Waals surface area contributed by atoms with Crippen LogP contribution in [0.5, 0.6) is 23.0 Å². The van der Waals surface area contributed by atoms with Crippen LogP contribution < -0.4 is 10.2 Å². The summed E-state index contributed by atoms with van der Waals surface area (Å²) in [4.78, 5) is 12.7. The van der Waals surface area contributed by atoms with Crippen molar-refractivity contribution in [1.82, 2.24) is 0 Å². The maximum atomic E-state index is 12.7. The van der Waals surface area contributed by atoms with Gasteiger partial charge in [0.2, 0.25) is 6.29 Å². The first-order chi connectivity index (χ1) is 19.4. The predicted molar refractivity (Wildman–Crippen MR) is 134 cm³/mol. The van der Waals surface area contributed by atoms with Gasteiger partial charge in [-0.15, -0.1) is 0 Å². The highest BCUT2D eigenvalue weighted by Crippen LogP contribution is 2.35. The lowest BCUT2D eigenvalue weighted by molar-refractivity contribution is -0.289. The van der Waals surface area contributed by atoms with E-state index in [-0.39, 0.29) is 33.8 Å². The SMILES string of the molecule is O=c1cc(-c2ccc(O)c(O)c2)oc2cc(O[C@@H]3O[C@H](CO[C@@H]4OC[C@](O)(CO)[C@H]4O)[C@@H](O)[C@H](O)[C@H]3O)cc(O)c12. The van der Waals surface area contributed by atoms with Crippen LogP contribution in [0.1, 0.15) is 0 Å². The van der Waals surface area contributed by atoms with Crippen LogP contribution >= 0.6 is 0 Å². The first kappa shape index (κ1) is 29.0. The standard InChI is InChI=1S/C26H28O15/c27-8-26(36)9-38-25(23(26)35)37-7-18-20(32)21(33)22(34)24(41-18)39-11-4-14(30)19-15(31)6-16(40-17(19)5-11)10-1-2-12(28)13(29)3-10/h1-6,18,20-25,27-30,32-36H,7-9H2/t18-,20-,21+,22-,23+,24-,25-,26-/m1/s1. The second kappa shape index (κ2) is 11.1. The molecule has 41 heavy (non-hydrogen) atoms. The fraction of sp³-hybridized carbons (Fsp3) is 0.423. The van der Waals surface area contributed by atoms with Crippen LogP contribution in [-0.4, -0.2) is 114 Å². The van der Waals surface area contributed by atoms with E-state index < -0.39 is 85.4 Å². The summed E-state index contributed by atoms with van der Waals surface area (Å²) in [5, 5.41) is 90.4. The predicted octanol–water partition coefficient (Wildman–Crippen LogP) is -1.78. The Hall–Kier alpha value is -3.51. The van der Waals surface area contributed by atoms with Gasteiger partial charge in [-0.3, -0.25) is 4.79 Å². The number of benzene rings is 2. The Morgan fingerprint density at radius 1 is 0.902 bits per heavy atom. The van der Waals surface area contributed by atoms with Crippen LogP contribution in [0, 0.1) is 0 Å². The lowest BCUT2D eigenvalue weighted by Crippen LogP contribution is -2.60. The molecule has 2 saturated heterocycles. The van der Waals surface area contributed by atoms with E-state index in [0.717, 1.165) is 12.1 Å². The van der Waals surface area contributed by atoms with Crippen molar-refractivity contribution in [2.24, 2.45) is 0 Å². The molecule has 0 spiro atoms. The Morgan fingerprint density at radius 3 is 2.34 bits per heavy atom. The van der Waals surface area contributed by atoms with Crippen LogP contribution in [0.25, 0.3) is 22.3 Å². The Kier molecular flexibility index (Phi) is 7.82. The van der Waals surface area contributed by atoms with Crippen LogP contribution in [-0.2, 0) is 14.2 Å². The molecule has 1 aromatic heterocycles. The summed E-state index contributed by atoms with van der Waals surface area (Å²) in [5.74, 6) is -1.56. The number of fused-ring (bicyclic) bond motifs is 1. The van der Waals surface area contributed by atoms with Crippen molar-refractivity contribution in [3.63, 3.8) is 0 Å². The number of aromatic hydroxyl groups is 3. The van der Waals surface area contributed by atoms with Crippen molar-refractivity contribution in [1.29, 1.82) is 0 Å². The third-order valence-corrected chi connectivity index (χ3v) is 6.97. The Bertz CT molecular complexity index is 1470. The normalized spacial score (nSPS) is 31.9. The number of aliphatic hydroxyl groups excluding tert-OH is 5. The van der Waals surface area contributed by atoms with Gasteiger partial charge in [0.15, 0.2) is 23.2 Å². The van der Waals surface area contributed by atoms with Gasteiger partial charge in [-0.1, -0.05) is 0 Å². The molecule has 15 nitrogen and oxygen atoms in total. The van der Waals surface area contributed by atoms with E-state index >= 15 is 0 Å². The molecule has 0 amide bonds. The molecule has 9 N–H and O–H groups in total. The molecule has 0 aliphatic carbocycles. The van der Waals surface area contributed by atoms with Gasteiger partial charge in [0.25, 0.3) is 0 Å². The Balaban J connectivity index is 1.36. The summed E-state index contributed by atoms with van der Waals surface area (Å²) >= 11 is 0. The highest BCUT2D eigenvalue weighted by Gasteiger charge is 2.50. The quantitative estimate of drug-likeness (QED) is 0.140. The first-order valence-electron chi connectivity index (χ1n) is 12.4. The van der Waals surface area contributed by atoms with Gasteiger partial charge in [0, 0.05) is 23.8 Å². The molecular weight excluding hydrogens is 552 g/mol. The molecule has 0 radical (unpaired) electrons. The molecular formula is C26H28O15. The summed E-state index contributed by atoms with van der Waals surface area (Å²) < 4.78 is 27.4. The minimum atomic E-state index is -1.95. The minimum Gasteiger partial charge on any atom is -0.507 e. The van der Waals surface area contributed by atoms with Crippen molar-refractivity contribution in [3.05, 3.63) is 46.6 Å². The Labute approximate surface area is 230 Å². The fourth-order valence-electron chi connectivity index (χ4n) is 4.54. The number of phenolic OH excluding ortho intramolecular Hbond substituents is 3. The summed E-state index contributed by atoms with van der Waals surface area (Å²) in [5.41, 5.74) is -2.49. The average molecular weight is 580 g/mol. The number of hydrogen-bond donors (Lipinski definition) is 9. The zero-order chi connectivity index (χ0) is 29.6. The van der Waals surface area contributed by atoms with Crippen LogP contribution in [0.3, 0.4) is 0 Å². The third-order valence-electron chi connectivity index (χ3n) is 6.97. The van der Waals surface area contributed by atoms with Gasteiger partial charge in [-0.2, -0.15) is 0 Å². The van der Waals surface area contributed by atoms with Crippen molar-refractivity contribution in [2.75, 3.05) is 19.8 Å². The number of ether oxygens (including phenoxy) is 4. The van der Waals surface area contributed by atoms with Crippen LogP contribution in [0.2, 0.25) is 0 Å². The molecule has 0 bridgehead atoms. The van der Waals surface area contributed by atoms with E-state index in [1.165, 1.54) is 24.3 Å². The third kappa shape index (κ3) is 5.42. The number of hydrogen-bond acceptors (Lipinski definition) is 15. The highest BCUT2D eigenvalue weighted by atomic mass is 16.7. The number of rotatable bonds is 7. The second-order valence-electron chi connectivity index (χ2n) is 9.85. The van der Waals surface area contributed by atoms with E-state index in [0.29, 0.717) is 0 Å². The molecule has 0 saturated carbocycles. The molecule has 5 rings (SSSR count). The smallest absolute Gasteiger partial charge is 0.229 e. The average Bonchev–Trinajstić information content (AvgIpc) is 3.23. The van der Waals surface area contributed by atoms with Crippen molar-refractivity contribution in [3.8, 4) is 34.3 Å². The first-order valence-corrected chi connectivity index (χ1v) is 12.4. The van der Waals surface area contributed by atoms with Gasteiger partial charge < -0.3 is 69.3 Å². The summed E-state index contributed by atoms with van der Waals surface area (Å²) in [6.45, 7) is -1.72. The van der Waals surface area contributed by atoms with Crippen molar-refractivity contribution < 1.29 is 69.3 Å². The van der Waals surface area contributed by atoms with E-state index in [2.05, 4.69) is 0 Å². The molecule has 2 aliphatic heterocycles. The lowest BCUT2D eigenvalue weighted by atomic mass is 9.99. The van der Waals surface area contributed by atoms with E-state index in [1.54, 1.807) is 0 Å². The molecule has 2 aromatic carbocycles. The van der Waals surface area contributed by atoms with Gasteiger partial charge in [-0.05, 0) is 18.2 Å². The number of phenols is 3. The molecule has 2 fully saturated rings. The van der Waals surface area contributed by atoms with Gasteiger partial charge in [-0.25, -0.2) is 0 Å². The van der Waals surface area contributed by atoms with Crippen LogP contribution in [0.15, 0.2) is 45.6 Å². The topological polar surface area (TPSA) is 249 Å². The molecule has 3 heterocycles. The van der Waals surface area contributed by atoms with Gasteiger partial charge >= 0.3 is 0 Å². The molecule has 222 valence electrons. The maximum absolute atomic E-state index is 12.7.